The minimum Gasteiger partial charge on any atom is -0.332 e. The smallest absolute Gasteiger partial charge is 0.258 e. The van der Waals surface area contributed by atoms with Gasteiger partial charge >= 0.3 is 0 Å². The van der Waals surface area contributed by atoms with Gasteiger partial charge in [-0.2, -0.15) is 5.10 Å². The minimum absolute atomic E-state index is 0.161. The molecule has 0 aliphatic heterocycles. The number of halogens is 1. The molecule has 8 heteroatoms. The van der Waals surface area contributed by atoms with Gasteiger partial charge in [-0.1, -0.05) is 30.3 Å². The second-order valence-corrected chi connectivity index (χ2v) is 8.44. The third kappa shape index (κ3) is 5.23. The van der Waals surface area contributed by atoms with Crippen LogP contribution in [-0.4, -0.2) is 37.1 Å². The van der Waals surface area contributed by atoms with E-state index in [-0.39, 0.29) is 23.8 Å². The monoisotopic (exact) mass is 493 g/mol. The Balaban J connectivity index is 1.43. The lowest BCUT2D eigenvalue weighted by molar-refractivity contribution is -0.126. The summed E-state index contributed by atoms with van der Waals surface area (Å²) in [5.41, 5.74) is 3.26. The Bertz CT molecular complexity index is 1640. The zero-order chi connectivity index (χ0) is 25.8. The lowest BCUT2D eigenvalue weighted by Gasteiger charge is -2.18. The van der Waals surface area contributed by atoms with Crippen LogP contribution in [0.2, 0.25) is 0 Å². The number of H-pyrrole nitrogens is 1. The fourth-order valence-electron chi connectivity index (χ4n) is 4.06. The largest absolute Gasteiger partial charge is 0.332 e. The first-order valence-electron chi connectivity index (χ1n) is 11.9. The molecule has 5 aromatic rings. The van der Waals surface area contributed by atoms with E-state index in [0.29, 0.717) is 34.5 Å². The van der Waals surface area contributed by atoms with E-state index in [9.17, 15) is 14.0 Å². The molecule has 37 heavy (non-hydrogen) atoms. The average molecular weight is 494 g/mol. The molecule has 1 N–H and O–H groups in total. The molecule has 0 radical (unpaired) electrons. The van der Waals surface area contributed by atoms with Crippen LogP contribution < -0.4 is 5.56 Å². The fraction of sp³-hybridized carbons (Fsp3) is 0.103. The zero-order valence-electron chi connectivity index (χ0n) is 20.1. The number of likely N-dealkylation sites (N-methyl/N-ethyl adjacent to an activating group) is 1. The van der Waals surface area contributed by atoms with E-state index in [2.05, 4.69) is 9.97 Å². The molecule has 0 atom stereocenters. The molecule has 0 saturated carbocycles. The maximum Gasteiger partial charge on any atom is 0.258 e. The van der Waals surface area contributed by atoms with Crippen LogP contribution in [-0.2, 0) is 11.3 Å². The van der Waals surface area contributed by atoms with Crippen molar-refractivity contribution in [3.8, 4) is 16.9 Å². The summed E-state index contributed by atoms with van der Waals surface area (Å²) >= 11 is 0. The molecule has 3 aromatic carbocycles. The van der Waals surface area contributed by atoms with Gasteiger partial charge in [-0.05, 0) is 61.5 Å². The molecule has 0 spiro atoms. The lowest BCUT2D eigenvalue weighted by Crippen LogP contribution is -2.30. The highest BCUT2D eigenvalue weighted by atomic mass is 19.1. The van der Waals surface area contributed by atoms with E-state index in [1.54, 1.807) is 46.0 Å². The highest BCUT2D eigenvalue weighted by molar-refractivity contribution is 5.93. The number of nitrogens with one attached hydrogen (secondary N) is 1. The molecule has 0 bridgehead atoms. The standard InChI is InChI=1S/C29H24FN5O2/c1-2-34(19-26-31-25-11-7-6-10-24(25)29(37)32-26)27(36)17-14-21-18-35(23-8-4-3-5-9-23)33-28(21)20-12-15-22(30)16-13-20/h3-18H,2,19H2,1H3,(H,31,32,37)/b17-14+. The number of para-hydroxylation sites is 2. The first kappa shape index (κ1) is 23.9. The summed E-state index contributed by atoms with van der Waals surface area (Å²) in [5.74, 6) is -0.163. The molecule has 5 rings (SSSR count). The van der Waals surface area contributed by atoms with Gasteiger partial charge in [-0.15, -0.1) is 0 Å². The van der Waals surface area contributed by atoms with Gasteiger partial charge in [0.1, 0.15) is 11.6 Å². The third-order valence-corrected chi connectivity index (χ3v) is 5.98. The minimum atomic E-state index is -0.336. The van der Waals surface area contributed by atoms with Crippen molar-refractivity contribution in [3.05, 3.63) is 119 Å². The first-order valence-corrected chi connectivity index (χ1v) is 11.9. The third-order valence-electron chi connectivity index (χ3n) is 5.98. The van der Waals surface area contributed by atoms with Crippen molar-refractivity contribution in [2.45, 2.75) is 13.5 Å². The van der Waals surface area contributed by atoms with Crippen LogP contribution >= 0.6 is 0 Å². The average Bonchev–Trinajstić information content (AvgIpc) is 3.35. The molecular formula is C29H24FN5O2. The molecular weight excluding hydrogens is 469 g/mol. The van der Waals surface area contributed by atoms with Crippen LogP contribution in [0.15, 0.2) is 95.9 Å². The molecule has 0 saturated heterocycles. The highest BCUT2D eigenvalue weighted by Crippen LogP contribution is 2.25. The number of rotatable bonds is 7. The van der Waals surface area contributed by atoms with Crippen LogP contribution in [0, 0.1) is 5.82 Å². The van der Waals surface area contributed by atoms with Gasteiger partial charge in [0.05, 0.1) is 28.8 Å². The molecule has 1 amide bonds. The number of hydrogen-bond donors (Lipinski definition) is 1. The van der Waals surface area contributed by atoms with E-state index < -0.39 is 0 Å². The SMILES string of the molecule is CCN(Cc1nc2ccccc2c(=O)[nH]1)C(=O)/C=C/c1cn(-c2ccccc2)nc1-c1ccc(F)cc1. The molecule has 2 aromatic heterocycles. The number of amides is 1. The number of hydrogen-bond acceptors (Lipinski definition) is 4. The maximum absolute atomic E-state index is 13.5. The highest BCUT2D eigenvalue weighted by Gasteiger charge is 2.14. The fourth-order valence-corrected chi connectivity index (χ4v) is 4.06. The van der Waals surface area contributed by atoms with Gasteiger partial charge in [0, 0.05) is 29.9 Å². The Hall–Kier alpha value is -4.85. The Morgan fingerprint density at radius 3 is 2.51 bits per heavy atom. The molecule has 0 fully saturated rings. The normalized spacial score (nSPS) is 11.3. The van der Waals surface area contributed by atoms with Crippen LogP contribution in [0.5, 0.6) is 0 Å². The van der Waals surface area contributed by atoms with Crippen molar-refractivity contribution in [1.29, 1.82) is 0 Å². The summed E-state index contributed by atoms with van der Waals surface area (Å²) in [4.78, 5) is 34.4. The molecule has 0 aliphatic rings. The van der Waals surface area contributed by atoms with Crippen LogP contribution in [0.25, 0.3) is 33.9 Å². The maximum atomic E-state index is 13.5. The Labute approximate surface area is 212 Å². The van der Waals surface area contributed by atoms with Crippen molar-refractivity contribution in [1.82, 2.24) is 24.6 Å². The topological polar surface area (TPSA) is 83.9 Å². The number of carbonyl (C=O) groups excluding carboxylic acids is 1. The van der Waals surface area contributed by atoms with Crippen LogP contribution in [0.3, 0.4) is 0 Å². The van der Waals surface area contributed by atoms with Crippen LogP contribution in [0.1, 0.15) is 18.3 Å². The van der Waals surface area contributed by atoms with Gasteiger partial charge in [0.2, 0.25) is 5.91 Å². The van der Waals surface area contributed by atoms with Crippen molar-refractivity contribution >= 4 is 22.9 Å². The number of nitrogens with zero attached hydrogens (tertiary/aromatic N) is 4. The second kappa shape index (κ2) is 10.4. The molecule has 2 heterocycles. The number of fused-ring (bicyclic) bond motifs is 1. The van der Waals surface area contributed by atoms with Gasteiger partial charge in [-0.25, -0.2) is 14.1 Å². The second-order valence-electron chi connectivity index (χ2n) is 8.44. The molecule has 0 aliphatic carbocycles. The summed E-state index contributed by atoms with van der Waals surface area (Å²) in [5, 5.41) is 5.20. The Morgan fingerprint density at radius 2 is 1.76 bits per heavy atom. The number of aromatic nitrogens is 4. The summed E-state index contributed by atoms with van der Waals surface area (Å²) in [6.07, 6.45) is 5.01. The lowest BCUT2D eigenvalue weighted by atomic mass is 10.1. The molecule has 7 nitrogen and oxygen atoms in total. The summed E-state index contributed by atoms with van der Waals surface area (Å²) in [6.45, 7) is 2.45. The molecule has 0 unspecified atom stereocenters. The van der Waals surface area contributed by atoms with Gasteiger partial charge in [0.25, 0.3) is 5.56 Å². The zero-order valence-corrected chi connectivity index (χ0v) is 20.1. The summed E-state index contributed by atoms with van der Waals surface area (Å²) < 4.78 is 15.3. The number of benzene rings is 3. The van der Waals surface area contributed by atoms with E-state index in [1.807, 2.05) is 49.5 Å². The van der Waals surface area contributed by atoms with Crippen molar-refractivity contribution in [2.24, 2.45) is 0 Å². The number of carbonyl (C=O) groups is 1. The number of aromatic amines is 1. The van der Waals surface area contributed by atoms with Crippen molar-refractivity contribution in [2.75, 3.05) is 6.54 Å². The summed E-state index contributed by atoms with van der Waals surface area (Å²) in [6, 6.07) is 22.8. The van der Waals surface area contributed by atoms with Gasteiger partial charge in [-0.3, -0.25) is 9.59 Å². The van der Waals surface area contributed by atoms with Gasteiger partial charge < -0.3 is 9.88 Å². The first-order chi connectivity index (χ1) is 18.0. The quantitative estimate of drug-likeness (QED) is 0.324. The van der Waals surface area contributed by atoms with Gasteiger partial charge in [0.15, 0.2) is 0 Å². The van der Waals surface area contributed by atoms with Crippen molar-refractivity contribution in [3.63, 3.8) is 0 Å². The molecule has 184 valence electrons. The van der Waals surface area contributed by atoms with E-state index >= 15 is 0 Å². The predicted octanol–water partition coefficient (Wildman–Crippen LogP) is 4.98. The van der Waals surface area contributed by atoms with E-state index in [4.69, 9.17) is 5.10 Å². The Kier molecular flexibility index (Phi) is 6.72. The van der Waals surface area contributed by atoms with Crippen LogP contribution in [0.4, 0.5) is 4.39 Å². The predicted molar refractivity (Wildman–Crippen MR) is 141 cm³/mol. The van der Waals surface area contributed by atoms with E-state index in [0.717, 1.165) is 11.3 Å². The van der Waals surface area contributed by atoms with Crippen molar-refractivity contribution < 1.29 is 9.18 Å². The van der Waals surface area contributed by atoms with E-state index in [1.165, 1.54) is 18.2 Å². The summed E-state index contributed by atoms with van der Waals surface area (Å²) in [7, 11) is 0. The Morgan fingerprint density at radius 1 is 1.03 bits per heavy atom.